The molecule has 0 fully saturated rings. The first-order valence-corrected chi connectivity index (χ1v) is 5.53. The van der Waals surface area contributed by atoms with Crippen LogP contribution in [-0.4, -0.2) is 10.9 Å². The zero-order chi connectivity index (χ0) is 14.7. The van der Waals surface area contributed by atoms with Crippen molar-refractivity contribution < 1.29 is 9.18 Å². The lowest BCUT2D eigenvalue weighted by atomic mass is 10.2. The highest BCUT2D eigenvalue weighted by atomic mass is 19.1. The highest BCUT2D eigenvalue weighted by Gasteiger charge is 2.11. The number of benzene rings is 1. The Bertz CT molecular complexity index is 723. The maximum atomic E-state index is 13.2. The van der Waals surface area contributed by atoms with Gasteiger partial charge in [-0.15, -0.1) is 0 Å². The molecule has 5 N–H and O–H groups in total. The summed E-state index contributed by atoms with van der Waals surface area (Å²) >= 11 is 0. The van der Waals surface area contributed by atoms with E-state index in [0.717, 1.165) is 6.07 Å². The summed E-state index contributed by atoms with van der Waals surface area (Å²) in [6.07, 6.45) is 1.35. The van der Waals surface area contributed by atoms with E-state index in [1.807, 2.05) is 0 Å². The molecular formula is C13H10FN5O. The van der Waals surface area contributed by atoms with Gasteiger partial charge in [0.15, 0.2) is 0 Å². The molecule has 0 aliphatic heterocycles. The van der Waals surface area contributed by atoms with Crippen molar-refractivity contribution in [1.82, 2.24) is 4.98 Å². The number of nitrogen functional groups attached to an aromatic ring is 1. The number of hydrogen-bond donors (Lipinski definition) is 3. The minimum absolute atomic E-state index is 0.104. The molecule has 0 spiro atoms. The van der Waals surface area contributed by atoms with Gasteiger partial charge in [-0.1, -0.05) is 0 Å². The predicted molar refractivity (Wildman–Crippen MR) is 71.6 cm³/mol. The Kier molecular flexibility index (Phi) is 3.48. The maximum absolute atomic E-state index is 13.2. The Hall–Kier alpha value is -3.14. The number of nitrogens with two attached hydrogens (primary N) is 2. The summed E-state index contributed by atoms with van der Waals surface area (Å²) in [5, 5.41) is 11.6. The summed E-state index contributed by atoms with van der Waals surface area (Å²) in [4.78, 5) is 15.3. The van der Waals surface area contributed by atoms with Crippen LogP contribution in [0.4, 0.5) is 21.6 Å². The molecule has 100 valence electrons. The number of nitrogens with one attached hydrogen (secondary N) is 1. The van der Waals surface area contributed by atoms with Crippen molar-refractivity contribution in [3.05, 3.63) is 47.4 Å². The quantitative estimate of drug-likeness (QED) is 0.782. The number of halogens is 1. The van der Waals surface area contributed by atoms with Crippen LogP contribution < -0.4 is 16.8 Å². The maximum Gasteiger partial charge on any atom is 0.252 e. The average Bonchev–Trinajstić information content (AvgIpc) is 2.42. The lowest BCUT2D eigenvalue weighted by Gasteiger charge is -2.10. The van der Waals surface area contributed by atoms with Crippen LogP contribution in [0.15, 0.2) is 30.5 Å². The number of carbonyl (C=O) groups excluding carboxylic acids is 1. The number of hydrogen-bond acceptors (Lipinski definition) is 5. The van der Waals surface area contributed by atoms with Gasteiger partial charge in [-0.25, -0.2) is 9.37 Å². The largest absolute Gasteiger partial charge is 0.397 e. The third kappa shape index (κ3) is 2.64. The minimum Gasteiger partial charge on any atom is -0.397 e. The van der Waals surface area contributed by atoms with E-state index in [1.54, 1.807) is 6.07 Å². The highest BCUT2D eigenvalue weighted by molar-refractivity contribution is 5.99. The monoisotopic (exact) mass is 271 g/mol. The molecule has 2 rings (SSSR count). The standard InChI is InChI=1S/C13H10FN5O/c14-11-2-1-9(3-7(11)5-15)19-13-10(12(17)20)4-8(16)6-18-13/h1-4,6H,16H2,(H2,17,20)(H,18,19). The lowest BCUT2D eigenvalue weighted by molar-refractivity contribution is 0.100. The minimum atomic E-state index is -0.699. The van der Waals surface area contributed by atoms with Crippen molar-refractivity contribution in [1.29, 1.82) is 5.26 Å². The Morgan fingerprint density at radius 2 is 2.15 bits per heavy atom. The summed E-state index contributed by atoms with van der Waals surface area (Å²) in [6.45, 7) is 0. The summed E-state index contributed by atoms with van der Waals surface area (Å²) in [5.41, 5.74) is 11.4. The molecule has 1 aromatic heterocycles. The van der Waals surface area contributed by atoms with E-state index in [0.29, 0.717) is 11.4 Å². The topological polar surface area (TPSA) is 118 Å². The van der Waals surface area contributed by atoms with Crippen LogP contribution in [0, 0.1) is 17.1 Å². The fourth-order valence-electron chi connectivity index (χ4n) is 1.59. The second-order valence-corrected chi connectivity index (χ2v) is 3.96. The van der Waals surface area contributed by atoms with Crippen LogP contribution in [-0.2, 0) is 0 Å². The molecule has 0 unspecified atom stereocenters. The Morgan fingerprint density at radius 1 is 1.40 bits per heavy atom. The van der Waals surface area contributed by atoms with Crippen molar-refractivity contribution in [2.24, 2.45) is 5.73 Å². The molecule has 0 atom stereocenters. The normalized spacial score (nSPS) is 9.80. The van der Waals surface area contributed by atoms with Gasteiger partial charge in [0, 0.05) is 5.69 Å². The molecule has 0 saturated carbocycles. The fraction of sp³-hybridized carbons (Fsp3) is 0. The molecule has 0 aliphatic rings. The predicted octanol–water partition coefficient (Wildman–Crippen LogP) is 1.52. The third-order valence-corrected chi connectivity index (χ3v) is 2.52. The molecule has 0 saturated heterocycles. The van der Waals surface area contributed by atoms with Gasteiger partial charge in [0.05, 0.1) is 23.0 Å². The summed E-state index contributed by atoms with van der Waals surface area (Å²) in [6, 6.07) is 6.96. The highest BCUT2D eigenvalue weighted by Crippen LogP contribution is 2.22. The van der Waals surface area contributed by atoms with Crippen molar-refractivity contribution in [2.45, 2.75) is 0 Å². The van der Waals surface area contributed by atoms with Crippen molar-refractivity contribution in [3.63, 3.8) is 0 Å². The summed E-state index contributed by atoms with van der Waals surface area (Å²) in [7, 11) is 0. The SMILES string of the molecule is N#Cc1cc(Nc2ncc(N)cc2C(N)=O)ccc1F. The molecule has 0 aliphatic carbocycles. The molecule has 0 radical (unpaired) electrons. The van der Waals surface area contributed by atoms with Crippen LogP contribution in [0.2, 0.25) is 0 Å². The molecule has 0 bridgehead atoms. The average molecular weight is 271 g/mol. The summed E-state index contributed by atoms with van der Waals surface area (Å²) in [5.74, 6) is -1.14. The van der Waals surface area contributed by atoms with Crippen molar-refractivity contribution >= 4 is 23.1 Å². The Morgan fingerprint density at radius 3 is 2.80 bits per heavy atom. The smallest absolute Gasteiger partial charge is 0.252 e. The van der Waals surface area contributed by atoms with E-state index in [-0.39, 0.29) is 16.9 Å². The summed E-state index contributed by atoms with van der Waals surface area (Å²) < 4.78 is 13.2. The van der Waals surface area contributed by atoms with Crippen LogP contribution >= 0.6 is 0 Å². The molecular weight excluding hydrogens is 261 g/mol. The van der Waals surface area contributed by atoms with E-state index >= 15 is 0 Å². The van der Waals surface area contributed by atoms with Crippen molar-refractivity contribution in [3.8, 4) is 6.07 Å². The van der Waals surface area contributed by atoms with E-state index in [2.05, 4.69) is 10.3 Å². The first-order valence-electron chi connectivity index (χ1n) is 5.53. The van der Waals surface area contributed by atoms with E-state index < -0.39 is 11.7 Å². The molecule has 1 amide bonds. The van der Waals surface area contributed by atoms with Gasteiger partial charge in [-0.3, -0.25) is 4.79 Å². The van der Waals surface area contributed by atoms with Gasteiger partial charge < -0.3 is 16.8 Å². The number of anilines is 3. The first kappa shape index (κ1) is 13.3. The third-order valence-electron chi connectivity index (χ3n) is 2.52. The molecule has 6 nitrogen and oxygen atoms in total. The van der Waals surface area contributed by atoms with Gasteiger partial charge in [0.25, 0.3) is 5.91 Å². The number of amides is 1. The number of carbonyl (C=O) groups is 1. The Balaban J connectivity index is 2.40. The second-order valence-electron chi connectivity index (χ2n) is 3.96. The second kappa shape index (κ2) is 5.24. The number of rotatable bonds is 3. The number of aromatic nitrogens is 1. The van der Waals surface area contributed by atoms with Gasteiger partial charge in [0.1, 0.15) is 17.7 Å². The van der Waals surface area contributed by atoms with E-state index in [1.165, 1.54) is 24.4 Å². The van der Waals surface area contributed by atoms with Gasteiger partial charge in [-0.05, 0) is 24.3 Å². The zero-order valence-electron chi connectivity index (χ0n) is 10.2. The van der Waals surface area contributed by atoms with Crippen molar-refractivity contribution in [2.75, 3.05) is 11.1 Å². The van der Waals surface area contributed by atoms with Crippen LogP contribution in [0.25, 0.3) is 0 Å². The van der Waals surface area contributed by atoms with Crippen LogP contribution in [0.1, 0.15) is 15.9 Å². The van der Waals surface area contributed by atoms with Crippen LogP contribution in [0.5, 0.6) is 0 Å². The zero-order valence-corrected chi connectivity index (χ0v) is 10.2. The molecule has 1 aromatic carbocycles. The van der Waals surface area contributed by atoms with E-state index in [9.17, 15) is 9.18 Å². The molecule has 20 heavy (non-hydrogen) atoms. The number of nitriles is 1. The Labute approximate surface area is 113 Å². The first-order chi connectivity index (χ1) is 9.51. The number of nitrogens with zero attached hydrogens (tertiary/aromatic N) is 2. The molecule has 1 heterocycles. The van der Waals surface area contributed by atoms with Crippen LogP contribution in [0.3, 0.4) is 0 Å². The number of pyridine rings is 1. The van der Waals surface area contributed by atoms with Gasteiger partial charge in [-0.2, -0.15) is 5.26 Å². The lowest BCUT2D eigenvalue weighted by Crippen LogP contribution is -2.14. The number of primary amides is 1. The van der Waals surface area contributed by atoms with E-state index in [4.69, 9.17) is 16.7 Å². The van der Waals surface area contributed by atoms with Gasteiger partial charge >= 0.3 is 0 Å². The van der Waals surface area contributed by atoms with Gasteiger partial charge in [0.2, 0.25) is 0 Å². The fourth-order valence-corrected chi connectivity index (χ4v) is 1.59. The molecule has 7 heteroatoms. The molecule has 2 aromatic rings.